The summed E-state index contributed by atoms with van der Waals surface area (Å²) in [5.41, 5.74) is 0.630. The Morgan fingerprint density at radius 3 is 2.31 bits per heavy atom. The Bertz CT molecular complexity index is 2270. The monoisotopic (exact) mass is 811 g/mol. The number of amides is 5. The van der Waals surface area contributed by atoms with Gasteiger partial charge in [-0.05, 0) is 87.8 Å². The van der Waals surface area contributed by atoms with Gasteiger partial charge in [0.15, 0.2) is 0 Å². The summed E-state index contributed by atoms with van der Waals surface area (Å²) in [6, 6.07) is 12.5. The molecule has 0 bridgehead atoms. The summed E-state index contributed by atoms with van der Waals surface area (Å²) in [6.45, 7) is 2.89. The number of rotatable bonds is 8. The Kier molecular flexibility index (Phi) is 11.1. The van der Waals surface area contributed by atoms with Crippen molar-refractivity contribution in [3.63, 3.8) is 0 Å². The highest BCUT2D eigenvalue weighted by Crippen LogP contribution is 2.36. The molecule has 14 nitrogen and oxygen atoms in total. The van der Waals surface area contributed by atoms with E-state index in [1.807, 2.05) is 40.3 Å². The van der Waals surface area contributed by atoms with E-state index in [9.17, 15) is 32.3 Å². The average Bonchev–Trinajstić information content (AvgIpc) is 3.69. The molecule has 0 atom stereocenters. The number of hydrogen-bond donors (Lipinski definition) is 2. The van der Waals surface area contributed by atoms with Crippen LogP contribution in [-0.2, 0) is 15.8 Å². The third-order valence-corrected chi connectivity index (χ3v) is 12.0. The molecule has 308 valence electrons. The van der Waals surface area contributed by atoms with Gasteiger partial charge in [-0.15, -0.1) is 0 Å². The summed E-state index contributed by atoms with van der Waals surface area (Å²) >= 11 is 0. The number of carbonyl (C=O) groups is 4. The van der Waals surface area contributed by atoms with Gasteiger partial charge in [0.25, 0.3) is 5.91 Å². The zero-order chi connectivity index (χ0) is 41.3. The number of nitrogens with zero attached hydrogens (tertiary/aromatic N) is 7. The Morgan fingerprint density at radius 1 is 0.898 bits per heavy atom. The molecule has 4 fully saturated rings. The maximum Gasteiger partial charge on any atom is 0.417 e. The first-order valence-corrected chi connectivity index (χ1v) is 20.1. The van der Waals surface area contributed by atoms with Crippen molar-refractivity contribution >= 4 is 46.3 Å². The molecule has 0 spiro atoms. The Balaban J connectivity index is 0.775. The maximum absolute atomic E-state index is 13.6. The van der Waals surface area contributed by atoms with Gasteiger partial charge in [0.1, 0.15) is 5.75 Å². The largest absolute Gasteiger partial charge is 0.490 e. The fraction of sp³-hybridized carbons (Fsp3) is 0.452. The molecule has 1 aliphatic carbocycles. The topological polar surface area (TPSA) is 166 Å². The van der Waals surface area contributed by atoms with Gasteiger partial charge in [0.2, 0.25) is 17.8 Å². The lowest BCUT2D eigenvalue weighted by Gasteiger charge is -2.37. The number of nitrogens with one attached hydrogen (secondary N) is 2. The first-order valence-electron chi connectivity index (χ1n) is 20.1. The normalized spacial score (nSPS) is 20.9. The predicted molar refractivity (Wildman–Crippen MR) is 210 cm³/mol. The third kappa shape index (κ3) is 8.53. The highest BCUT2D eigenvalue weighted by atomic mass is 19.4. The number of fused-ring (bicyclic) bond motifs is 1. The molecule has 17 heteroatoms. The highest BCUT2D eigenvalue weighted by Gasteiger charge is 2.35. The lowest BCUT2D eigenvalue weighted by atomic mass is 9.92. The van der Waals surface area contributed by atoms with E-state index in [0.717, 1.165) is 41.6 Å². The summed E-state index contributed by atoms with van der Waals surface area (Å²) in [5, 5.41) is 15.4. The molecule has 4 aromatic rings. The maximum atomic E-state index is 13.6. The minimum atomic E-state index is -4.66. The zero-order valence-electron chi connectivity index (χ0n) is 32.3. The summed E-state index contributed by atoms with van der Waals surface area (Å²) < 4.78 is 48.1. The molecule has 0 unspecified atom stereocenters. The number of piperidine rings is 2. The molecule has 0 radical (unpaired) electrons. The van der Waals surface area contributed by atoms with Crippen molar-refractivity contribution in [2.45, 2.75) is 82.2 Å². The van der Waals surface area contributed by atoms with E-state index in [1.165, 1.54) is 18.5 Å². The van der Waals surface area contributed by atoms with Crippen molar-refractivity contribution in [2.75, 3.05) is 42.5 Å². The van der Waals surface area contributed by atoms with E-state index < -0.39 is 23.3 Å². The minimum Gasteiger partial charge on any atom is -0.490 e. The van der Waals surface area contributed by atoms with Crippen molar-refractivity contribution in [3.05, 3.63) is 77.7 Å². The number of urea groups is 1. The van der Waals surface area contributed by atoms with Crippen LogP contribution in [0.25, 0.3) is 10.9 Å². The van der Waals surface area contributed by atoms with E-state index in [4.69, 9.17) is 10.00 Å². The zero-order valence-corrected chi connectivity index (χ0v) is 32.3. The van der Waals surface area contributed by atoms with E-state index >= 15 is 0 Å². The number of benzene rings is 2. The molecule has 5 amide bonds. The molecule has 2 aromatic heterocycles. The van der Waals surface area contributed by atoms with E-state index in [2.05, 4.69) is 25.2 Å². The fourth-order valence-electron chi connectivity index (χ4n) is 8.79. The minimum absolute atomic E-state index is 0.0561. The van der Waals surface area contributed by atoms with Gasteiger partial charge in [-0.25, -0.2) is 14.8 Å². The van der Waals surface area contributed by atoms with Gasteiger partial charge in [-0.3, -0.25) is 24.6 Å². The van der Waals surface area contributed by atoms with Crippen LogP contribution < -0.4 is 25.2 Å². The van der Waals surface area contributed by atoms with Crippen LogP contribution in [0.2, 0.25) is 0 Å². The van der Waals surface area contributed by atoms with Crippen molar-refractivity contribution < 1.29 is 37.1 Å². The first-order chi connectivity index (χ1) is 28.4. The van der Waals surface area contributed by atoms with E-state index in [0.29, 0.717) is 82.8 Å². The van der Waals surface area contributed by atoms with E-state index in [1.54, 1.807) is 11.0 Å². The molecular weight excluding hydrogens is 768 g/mol. The van der Waals surface area contributed by atoms with Crippen molar-refractivity contribution in [2.24, 2.45) is 5.92 Å². The Morgan fingerprint density at radius 2 is 1.63 bits per heavy atom. The summed E-state index contributed by atoms with van der Waals surface area (Å²) in [5.74, 6) is 0.0611. The number of halogens is 3. The average molecular weight is 812 g/mol. The molecule has 59 heavy (non-hydrogen) atoms. The van der Waals surface area contributed by atoms with Crippen LogP contribution in [0.5, 0.6) is 5.75 Å². The quantitative estimate of drug-likeness (QED) is 0.218. The van der Waals surface area contributed by atoms with E-state index in [-0.39, 0.29) is 54.0 Å². The number of hydrogen-bond acceptors (Lipinski definition) is 9. The lowest BCUT2D eigenvalue weighted by Crippen LogP contribution is -2.49. The van der Waals surface area contributed by atoms with Gasteiger partial charge in [-0.1, -0.05) is 6.07 Å². The van der Waals surface area contributed by atoms with Gasteiger partial charge in [0.05, 0.1) is 40.1 Å². The van der Waals surface area contributed by atoms with Crippen LogP contribution >= 0.6 is 0 Å². The molecule has 3 saturated heterocycles. The standard InChI is InChI=1S/C42H44F3N9O5/c43-42(44,45)34-22-32(7-4-27(34)23-46)59-31-8-5-29(6-9-31)49-38(56)28-24-47-40(48-25-28)52-16-10-26(11-17-52)39(57)51-18-12-30(13-19-51)53-20-14-33-35(53)2-1-3-36(33)54-21-15-37(55)50-41(54)58/h1-4,7,14,20,22,24-26,29-31H,5-6,8-13,15-19,21H2,(H,49,56)(H,50,55,58)/t29-,31-. The number of nitriles is 1. The molecule has 1 saturated carbocycles. The van der Waals surface area contributed by atoms with Gasteiger partial charge in [-0.2, -0.15) is 18.4 Å². The molecule has 3 aliphatic heterocycles. The smallest absolute Gasteiger partial charge is 0.417 e. The number of likely N-dealkylation sites (tertiary alicyclic amines) is 1. The molecule has 8 rings (SSSR count). The SMILES string of the molecule is N#Cc1ccc(O[C@H]2CC[C@H](NC(=O)c3cnc(N4CCC(C(=O)N5CCC(n6ccc7c(N8CCC(=O)NC8=O)cccc76)CC5)CC4)nc3)CC2)cc1C(F)(F)F. The molecule has 2 N–H and O–H groups in total. The third-order valence-electron chi connectivity index (χ3n) is 12.0. The number of imide groups is 1. The first kappa shape index (κ1) is 39.6. The van der Waals surface area contributed by atoms with Gasteiger partial charge < -0.3 is 24.4 Å². The van der Waals surface area contributed by atoms with Crippen molar-refractivity contribution in [1.82, 2.24) is 30.1 Å². The lowest BCUT2D eigenvalue weighted by molar-refractivity contribution is -0.138. The van der Waals surface area contributed by atoms with Gasteiger partial charge in [0, 0.05) is 81.1 Å². The predicted octanol–water partition coefficient (Wildman–Crippen LogP) is 5.97. The summed E-state index contributed by atoms with van der Waals surface area (Å²) in [4.78, 5) is 65.4. The van der Waals surface area contributed by atoms with Gasteiger partial charge >= 0.3 is 12.2 Å². The second kappa shape index (κ2) is 16.6. The Hall–Kier alpha value is -6.18. The van der Waals surface area contributed by atoms with Crippen molar-refractivity contribution in [3.8, 4) is 11.8 Å². The molecule has 5 heterocycles. The van der Waals surface area contributed by atoms with Crippen LogP contribution in [0.3, 0.4) is 0 Å². The number of anilines is 2. The molecule has 4 aliphatic rings. The summed E-state index contributed by atoms with van der Waals surface area (Å²) in [6.07, 6.45) is 5.55. The second-order valence-electron chi connectivity index (χ2n) is 15.7. The molecular formula is C42H44F3N9O5. The highest BCUT2D eigenvalue weighted by molar-refractivity contribution is 6.09. The van der Waals surface area contributed by atoms with Crippen LogP contribution in [-0.4, -0.2) is 88.1 Å². The number of aromatic nitrogens is 3. The number of carbonyl (C=O) groups excluding carboxylic acids is 4. The molecule has 2 aromatic carbocycles. The van der Waals surface area contributed by atoms with Crippen molar-refractivity contribution in [1.29, 1.82) is 5.26 Å². The second-order valence-corrected chi connectivity index (χ2v) is 15.7. The van der Waals surface area contributed by atoms with Crippen LogP contribution in [0, 0.1) is 17.2 Å². The van der Waals surface area contributed by atoms with Crippen LogP contribution in [0.4, 0.5) is 29.6 Å². The van der Waals surface area contributed by atoms with Crippen LogP contribution in [0.15, 0.2) is 61.1 Å². The number of ether oxygens (including phenoxy) is 1. The van der Waals surface area contributed by atoms with Crippen LogP contribution in [0.1, 0.15) is 85.3 Å². The number of alkyl halides is 3. The fourth-order valence-corrected chi connectivity index (χ4v) is 8.79. The summed E-state index contributed by atoms with van der Waals surface area (Å²) in [7, 11) is 0. The Labute approximate surface area is 338 Å².